The van der Waals surface area contributed by atoms with Gasteiger partial charge >= 0.3 is 5.88 Å². The van der Waals surface area contributed by atoms with Crippen LogP contribution in [0.15, 0.2) is 34.7 Å². The summed E-state index contributed by atoms with van der Waals surface area (Å²) < 4.78 is 4.91. The van der Waals surface area contributed by atoms with Crippen LogP contribution in [0.3, 0.4) is 0 Å². The number of hydrogen-bond donors (Lipinski definition) is 1. The van der Waals surface area contributed by atoms with Gasteiger partial charge in [0, 0.05) is 23.8 Å². The molecule has 1 aromatic heterocycles. The smallest absolute Gasteiger partial charge is 0.395 e. The number of rotatable bonds is 4. The van der Waals surface area contributed by atoms with E-state index in [2.05, 4.69) is 5.32 Å². The molecule has 8 nitrogen and oxygen atoms in total. The molecule has 0 radical (unpaired) electrons. The largest absolute Gasteiger partial charge is 0.433 e. The number of nitrogens with one attached hydrogen (secondary N) is 1. The number of benzene rings is 1. The number of carbonyl (C=O) groups excluding carboxylic acids is 2. The summed E-state index contributed by atoms with van der Waals surface area (Å²) in [5.41, 5.74) is 2.34. The minimum absolute atomic E-state index is 0.0380. The average Bonchev–Trinajstić information content (AvgIpc) is 3.11. The number of hydrogen-bond acceptors (Lipinski definition) is 5. The second-order valence-corrected chi connectivity index (χ2v) is 6.44. The van der Waals surface area contributed by atoms with Gasteiger partial charge in [0.2, 0.25) is 5.91 Å². The molecular formula is C18H19N3O5. The second-order valence-electron chi connectivity index (χ2n) is 6.44. The Labute approximate surface area is 149 Å². The number of amides is 2. The molecular weight excluding hydrogens is 338 g/mol. The Morgan fingerprint density at radius 3 is 2.69 bits per heavy atom. The van der Waals surface area contributed by atoms with Crippen LogP contribution in [0.5, 0.6) is 0 Å². The molecule has 0 fully saturated rings. The highest BCUT2D eigenvalue weighted by Crippen LogP contribution is 2.31. The lowest BCUT2D eigenvalue weighted by Gasteiger charge is -2.31. The van der Waals surface area contributed by atoms with Crippen LogP contribution in [0.1, 0.15) is 36.4 Å². The van der Waals surface area contributed by atoms with E-state index in [1.807, 2.05) is 19.9 Å². The third-order valence-corrected chi connectivity index (χ3v) is 4.22. The molecule has 136 valence electrons. The highest BCUT2D eigenvalue weighted by Gasteiger charge is 2.25. The lowest BCUT2D eigenvalue weighted by atomic mass is 9.99. The van der Waals surface area contributed by atoms with Gasteiger partial charge in [-0.2, -0.15) is 0 Å². The topological polar surface area (TPSA) is 106 Å². The first-order valence-corrected chi connectivity index (χ1v) is 8.36. The van der Waals surface area contributed by atoms with Crippen molar-refractivity contribution in [3.05, 3.63) is 51.8 Å². The van der Waals surface area contributed by atoms with Crippen LogP contribution in [0.25, 0.3) is 0 Å². The minimum atomic E-state index is -0.703. The number of aryl methyl sites for hydroxylation is 1. The predicted octanol–water partition coefficient (Wildman–Crippen LogP) is 3.38. The van der Waals surface area contributed by atoms with Gasteiger partial charge in [0.25, 0.3) is 5.91 Å². The van der Waals surface area contributed by atoms with Gasteiger partial charge in [-0.05, 0) is 36.6 Å². The molecule has 1 aromatic carbocycles. The minimum Gasteiger partial charge on any atom is -0.395 e. The van der Waals surface area contributed by atoms with Gasteiger partial charge in [-0.1, -0.05) is 19.9 Å². The van der Waals surface area contributed by atoms with Crippen molar-refractivity contribution in [2.24, 2.45) is 5.92 Å². The standard InChI is InChI=1S/C18H19N3O5/c1-11(2)18(23)20-9-3-4-12-5-6-13(10-14(12)20)19-17(22)15-7-8-16(26-15)21(24)25/h5-8,10-11H,3-4,9H2,1-2H3,(H,19,22). The summed E-state index contributed by atoms with van der Waals surface area (Å²) in [7, 11) is 0. The Morgan fingerprint density at radius 1 is 1.27 bits per heavy atom. The van der Waals surface area contributed by atoms with E-state index < -0.39 is 16.7 Å². The molecule has 0 saturated carbocycles. The molecule has 0 aliphatic carbocycles. The number of furan rings is 1. The first-order chi connectivity index (χ1) is 12.4. The molecule has 2 amide bonds. The van der Waals surface area contributed by atoms with Crippen LogP contribution in [0, 0.1) is 16.0 Å². The molecule has 3 rings (SSSR count). The maximum atomic E-state index is 12.4. The number of fused-ring (bicyclic) bond motifs is 1. The van der Waals surface area contributed by atoms with Crippen LogP contribution in [-0.4, -0.2) is 23.3 Å². The molecule has 0 bridgehead atoms. The summed E-state index contributed by atoms with van der Waals surface area (Å²) in [4.78, 5) is 36.4. The Balaban J connectivity index is 1.83. The third kappa shape index (κ3) is 3.44. The zero-order chi connectivity index (χ0) is 18.8. The van der Waals surface area contributed by atoms with E-state index in [0.29, 0.717) is 12.2 Å². The van der Waals surface area contributed by atoms with Crippen molar-refractivity contribution in [3.63, 3.8) is 0 Å². The Kier molecular flexibility index (Phi) is 4.75. The first kappa shape index (κ1) is 17.7. The van der Waals surface area contributed by atoms with Crippen molar-refractivity contribution in [3.8, 4) is 0 Å². The lowest BCUT2D eigenvalue weighted by molar-refractivity contribution is -0.402. The summed E-state index contributed by atoms with van der Waals surface area (Å²) in [5, 5.41) is 13.3. The average molecular weight is 357 g/mol. The quantitative estimate of drug-likeness (QED) is 0.667. The number of anilines is 2. The Hall–Kier alpha value is -3.16. The Morgan fingerprint density at radius 2 is 2.04 bits per heavy atom. The second kappa shape index (κ2) is 6.99. The fraction of sp³-hybridized carbons (Fsp3) is 0.333. The van der Waals surface area contributed by atoms with Gasteiger partial charge in [0.05, 0.1) is 6.07 Å². The van der Waals surface area contributed by atoms with E-state index in [-0.39, 0.29) is 17.6 Å². The number of nitro groups is 1. The van der Waals surface area contributed by atoms with Crippen molar-refractivity contribution in [1.29, 1.82) is 0 Å². The van der Waals surface area contributed by atoms with Crippen molar-refractivity contribution in [2.75, 3.05) is 16.8 Å². The van der Waals surface area contributed by atoms with E-state index in [4.69, 9.17) is 4.42 Å². The zero-order valence-electron chi connectivity index (χ0n) is 14.5. The van der Waals surface area contributed by atoms with Crippen LogP contribution in [0.2, 0.25) is 0 Å². The van der Waals surface area contributed by atoms with Crippen LogP contribution < -0.4 is 10.2 Å². The molecule has 2 heterocycles. The van der Waals surface area contributed by atoms with E-state index in [1.165, 1.54) is 6.07 Å². The van der Waals surface area contributed by atoms with E-state index in [0.717, 1.165) is 30.2 Å². The molecule has 1 N–H and O–H groups in total. The molecule has 2 aromatic rings. The van der Waals surface area contributed by atoms with Crippen molar-refractivity contribution >= 4 is 29.1 Å². The van der Waals surface area contributed by atoms with Crippen molar-refractivity contribution < 1.29 is 18.9 Å². The zero-order valence-corrected chi connectivity index (χ0v) is 14.5. The third-order valence-electron chi connectivity index (χ3n) is 4.22. The van der Waals surface area contributed by atoms with Gasteiger partial charge in [-0.15, -0.1) is 0 Å². The highest BCUT2D eigenvalue weighted by molar-refractivity contribution is 6.03. The van der Waals surface area contributed by atoms with Gasteiger partial charge in [0.1, 0.15) is 4.92 Å². The molecule has 26 heavy (non-hydrogen) atoms. The first-order valence-electron chi connectivity index (χ1n) is 8.36. The fourth-order valence-electron chi connectivity index (χ4n) is 2.93. The van der Waals surface area contributed by atoms with Gasteiger partial charge in [-0.25, -0.2) is 0 Å². The highest BCUT2D eigenvalue weighted by atomic mass is 16.6. The van der Waals surface area contributed by atoms with Gasteiger partial charge < -0.3 is 14.6 Å². The number of nitrogens with zero attached hydrogens (tertiary/aromatic N) is 2. The van der Waals surface area contributed by atoms with E-state index in [1.54, 1.807) is 17.0 Å². The fourth-order valence-corrected chi connectivity index (χ4v) is 2.93. The molecule has 0 spiro atoms. The summed E-state index contributed by atoms with van der Waals surface area (Å²) in [6, 6.07) is 7.77. The normalized spacial score (nSPS) is 13.4. The van der Waals surface area contributed by atoms with Crippen molar-refractivity contribution in [2.45, 2.75) is 26.7 Å². The predicted molar refractivity (Wildman–Crippen MR) is 95.3 cm³/mol. The number of carbonyl (C=O) groups is 2. The SMILES string of the molecule is CC(C)C(=O)N1CCCc2ccc(NC(=O)c3ccc([N+](=O)[O-])o3)cc21. The molecule has 1 aliphatic heterocycles. The van der Waals surface area contributed by atoms with Gasteiger partial charge in [0.15, 0.2) is 5.76 Å². The molecule has 0 unspecified atom stereocenters. The summed E-state index contributed by atoms with van der Waals surface area (Å²) in [5.74, 6) is -1.31. The van der Waals surface area contributed by atoms with Crippen LogP contribution in [-0.2, 0) is 11.2 Å². The molecule has 0 atom stereocenters. The van der Waals surface area contributed by atoms with Gasteiger partial charge in [-0.3, -0.25) is 19.7 Å². The lowest BCUT2D eigenvalue weighted by Crippen LogP contribution is -2.38. The van der Waals surface area contributed by atoms with Crippen LogP contribution >= 0.6 is 0 Å². The maximum absolute atomic E-state index is 12.4. The summed E-state index contributed by atoms with van der Waals surface area (Å²) in [6.07, 6.45) is 1.77. The molecule has 8 heteroatoms. The summed E-state index contributed by atoms with van der Waals surface area (Å²) >= 11 is 0. The Bertz CT molecular complexity index is 871. The van der Waals surface area contributed by atoms with Crippen LogP contribution in [0.4, 0.5) is 17.3 Å². The summed E-state index contributed by atoms with van der Waals surface area (Å²) in [6.45, 7) is 4.35. The monoisotopic (exact) mass is 357 g/mol. The van der Waals surface area contributed by atoms with E-state index in [9.17, 15) is 19.7 Å². The van der Waals surface area contributed by atoms with E-state index >= 15 is 0 Å². The maximum Gasteiger partial charge on any atom is 0.433 e. The molecule has 1 aliphatic rings. The molecule has 0 saturated heterocycles. The van der Waals surface area contributed by atoms with Crippen molar-refractivity contribution in [1.82, 2.24) is 0 Å².